The summed E-state index contributed by atoms with van der Waals surface area (Å²) in [4.78, 5) is 21.1. The van der Waals surface area contributed by atoms with E-state index in [4.69, 9.17) is 0 Å². The highest BCUT2D eigenvalue weighted by atomic mass is 16.1. The maximum absolute atomic E-state index is 12.2. The molecule has 0 amide bonds. The smallest absolute Gasteiger partial charge is 0.266 e. The highest BCUT2D eigenvalue weighted by molar-refractivity contribution is 5.56. The van der Waals surface area contributed by atoms with E-state index in [1.807, 2.05) is 30.1 Å². The molecule has 0 saturated carbocycles. The van der Waals surface area contributed by atoms with E-state index in [1.54, 1.807) is 29.2 Å². The molecule has 0 aliphatic carbocycles. The molecule has 1 saturated heterocycles. The third-order valence-electron chi connectivity index (χ3n) is 5.11. The van der Waals surface area contributed by atoms with Crippen molar-refractivity contribution >= 4 is 0 Å². The van der Waals surface area contributed by atoms with Crippen molar-refractivity contribution in [1.29, 1.82) is 0 Å². The number of nitrogens with zero attached hydrogens (tertiary/aromatic N) is 8. The third-order valence-corrected chi connectivity index (χ3v) is 5.11. The Kier molecular flexibility index (Phi) is 5.54. The Balaban J connectivity index is 1.32. The first kappa shape index (κ1) is 18.5. The molecule has 9 nitrogen and oxygen atoms in total. The Morgan fingerprint density at radius 3 is 2.54 bits per heavy atom. The largest absolute Gasteiger partial charge is 0.299 e. The van der Waals surface area contributed by atoms with Crippen molar-refractivity contribution in [2.75, 3.05) is 32.7 Å². The van der Waals surface area contributed by atoms with Gasteiger partial charge in [-0.1, -0.05) is 5.21 Å². The third kappa shape index (κ3) is 4.32. The first-order chi connectivity index (χ1) is 13.7. The summed E-state index contributed by atoms with van der Waals surface area (Å²) in [5.41, 5.74) is 2.73. The lowest BCUT2D eigenvalue weighted by molar-refractivity contribution is 0.120. The summed E-state index contributed by atoms with van der Waals surface area (Å²) in [6.07, 6.45) is 5.30. The zero-order valence-electron chi connectivity index (χ0n) is 16.0. The fourth-order valence-electron chi connectivity index (χ4n) is 3.37. The second-order valence-corrected chi connectivity index (χ2v) is 6.99. The van der Waals surface area contributed by atoms with Crippen LogP contribution >= 0.6 is 0 Å². The predicted molar refractivity (Wildman–Crippen MR) is 104 cm³/mol. The van der Waals surface area contributed by atoms with Crippen molar-refractivity contribution < 1.29 is 0 Å². The van der Waals surface area contributed by atoms with Gasteiger partial charge in [0, 0.05) is 70.3 Å². The van der Waals surface area contributed by atoms with Crippen molar-refractivity contribution in [2.24, 2.45) is 7.05 Å². The SMILES string of the molecule is Cn1nncc1CN1CCN(CCn2nc(-c3cccnc3)ccc2=O)CC1. The number of rotatable bonds is 6. The number of aromatic nitrogens is 6. The van der Waals surface area contributed by atoms with Crippen LogP contribution in [0.25, 0.3) is 11.3 Å². The summed E-state index contributed by atoms with van der Waals surface area (Å²) in [6.45, 7) is 6.19. The van der Waals surface area contributed by atoms with Crippen LogP contribution in [0.5, 0.6) is 0 Å². The highest BCUT2D eigenvalue weighted by Gasteiger charge is 2.18. The normalized spacial score (nSPS) is 15.8. The topological polar surface area (TPSA) is 85.0 Å². The molecule has 0 spiro atoms. The van der Waals surface area contributed by atoms with Gasteiger partial charge < -0.3 is 0 Å². The molecule has 0 N–H and O–H groups in total. The molecule has 4 rings (SSSR count). The molecule has 28 heavy (non-hydrogen) atoms. The summed E-state index contributed by atoms with van der Waals surface area (Å²) in [5.74, 6) is 0. The van der Waals surface area contributed by atoms with Crippen LogP contribution in [0, 0.1) is 0 Å². The van der Waals surface area contributed by atoms with E-state index >= 15 is 0 Å². The summed E-state index contributed by atoms with van der Waals surface area (Å²) in [5, 5.41) is 12.4. The van der Waals surface area contributed by atoms with Gasteiger partial charge >= 0.3 is 0 Å². The van der Waals surface area contributed by atoms with Crippen molar-refractivity contribution in [3.05, 3.63) is 58.9 Å². The lowest BCUT2D eigenvalue weighted by Gasteiger charge is -2.34. The molecule has 0 atom stereocenters. The molecular weight excluding hydrogens is 356 g/mol. The van der Waals surface area contributed by atoms with Crippen LogP contribution in [-0.2, 0) is 20.1 Å². The Morgan fingerprint density at radius 1 is 1.00 bits per heavy atom. The molecule has 1 aliphatic heterocycles. The van der Waals surface area contributed by atoms with Crippen LogP contribution in [0.3, 0.4) is 0 Å². The molecular formula is C19H24N8O. The Bertz CT molecular complexity index is 959. The first-order valence-corrected chi connectivity index (χ1v) is 9.46. The monoisotopic (exact) mass is 380 g/mol. The lowest BCUT2D eigenvalue weighted by atomic mass is 10.2. The molecule has 1 aliphatic rings. The molecule has 3 aromatic heterocycles. The minimum Gasteiger partial charge on any atom is -0.299 e. The van der Waals surface area contributed by atoms with E-state index in [-0.39, 0.29) is 5.56 Å². The van der Waals surface area contributed by atoms with Gasteiger partial charge in [0.25, 0.3) is 5.56 Å². The number of piperazine rings is 1. The van der Waals surface area contributed by atoms with Gasteiger partial charge in [-0.05, 0) is 18.2 Å². The van der Waals surface area contributed by atoms with Gasteiger partial charge in [0.15, 0.2) is 0 Å². The van der Waals surface area contributed by atoms with Crippen LogP contribution in [0.4, 0.5) is 0 Å². The van der Waals surface area contributed by atoms with Gasteiger partial charge in [0.2, 0.25) is 0 Å². The second kappa shape index (κ2) is 8.41. The van der Waals surface area contributed by atoms with Crippen molar-refractivity contribution in [3.63, 3.8) is 0 Å². The van der Waals surface area contributed by atoms with E-state index in [9.17, 15) is 4.79 Å². The molecule has 0 radical (unpaired) electrons. The molecule has 1 fully saturated rings. The quantitative estimate of drug-likeness (QED) is 0.606. The summed E-state index contributed by atoms with van der Waals surface area (Å²) >= 11 is 0. The zero-order valence-corrected chi connectivity index (χ0v) is 16.0. The van der Waals surface area contributed by atoms with Gasteiger partial charge in [-0.25, -0.2) is 4.68 Å². The van der Waals surface area contributed by atoms with E-state index in [0.717, 1.165) is 56.2 Å². The van der Waals surface area contributed by atoms with Crippen LogP contribution in [0.15, 0.2) is 47.7 Å². The second-order valence-electron chi connectivity index (χ2n) is 6.99. The van der Waals surface area contributed by atoms with Crippen LogP contribution in [-0.4, -0.2) is 72.3 Å². The van der Waals surface area contributed by atoms with E-state index in [2.05, 4.69) is 30.2 Å². The first-order valence-electron chi connectivity index (χ1n) is 9.46. The maximum Gasteiger partial charge on any atom is 0.266 e. The molecule has 4 heterocycles. The fraction of sp³-hybridized carbons (Fsp3) is 0.421. The lowest BCUT2D eigenvalue weighted by Crippen LogP contribution is -2.47. The maximum atomic E-state index is 12.2. The standard InChI is InChI=1S/C19H24N8O/c1-24-17(14-21-23-24)15-26-9-7-25(8-10-26)11-12-27-19(28)5-4-18(22-27)16-3-2-6-20-13-16/h2-6,13-14H,7-12,15H2,1H3. The minimum atomic E-state index is -0.0741. The Hall–Kier alpha value is -2.91. The highest BCUT2D eigenvalue weighted by Crippen LogP contribution is 2.13. The average molecular weight is 380 g/mol. The minimum absolute atomic E-state index is 0.0741. The predicted octanol–water partition coefficient (Wildman–Crippen LogP) is 0.252. The molecule has 146 valence electrons. The molecule has 9 heteroatoms. The number of pyridine rings is 1. The molecule has 0 unspecified atom stereocenters. The number of hydrogen-bond donors (Lipinski definition) is 0. The summed E-state index contributed by atoms with van der Waals surface area (Å²) in [7, 11) is 1.92. The van der Waals surface area contributed by atoms with E-state index in [0.29, 0.717) is 6.54 Å². The van der Waals surface area contributed by atoms with Crippen molar-refractivity contribution in [2.45, 2.75) is 13.1 Å². The summed E-state index contributed by atoms with van der Waals surface area (Å²) in [6, 6.07) is 7.14. The van der Waals surface area contributed by atoms with E-state index < -0.39 is 0 Å². The number of aryl methyl sites for hydroxylation is 1. The Labute approximate surface area is 163 Å². The zero-order chi connectivity index (χ0) is 19.3. The molecule has 0 aromatic carbocycles. The Morgan fingerprint density at radius 2 is 1.82 bits per heavy atom. The summed E-state index contributed by atoms with van der Waals surface area (Å²) < 4.78 is 3.37. The molecule has 0 bridgehead atoms. The van der Waals surface area contributed by atoms with Crippen LogP contribution in [0.1, 0.15) is 5.69 Å². The van der Waals surface area contributed by atoms with Crippen molar-refractivity contribution in [3.8, 4) is 11.3 Å². The van der Waals surface area contributed by atoms with Gasteiger partial charge in [-0.15, -0.1) is 5.10 Å². The van der Waals surface area contributed by atoms with Gasteiger partial charge in [-0.3, -0.25) is 24.3 Å². The molecule has 3 aromatic rings. The number of hydrogen-bond acceptors (Lipinski definition) is 7. The van der Waals surface area contributed by atoms with Crippen molar-refractivity contribution in [1.82, 2.24) is 39.6 Å². The van der Waals surface area contributed by atoms with Crippen LogP contribution in [0.2, 0.25) is 0 Å². The van der Waals surface area contributed by atoms with Gasteiger partial charge in [0.1, 0.15) is 0 Å². The van der Waals surface area contributed by atoms with Crippen LogP contribution < -0.4 is 5.56 Å². The van der Waals surface area contributed by atoms with E-state index in [1.165, 1.54) is 0 Å². The fourth-order valence-corrected chi connectivity index (χ4v) is 3.37. The van der Waals surface area contributed by atoms with Gasteiger partial charge in [0.05, 0.1) is 24.1 Å². The average Bonchev–Trinajstić information content (AvgIpc) is 3.13. The van der Waals surface area contributed by atoms with Gasteiger partial charge in [-0.2, -0.15) is 5.10 Å².